The predicted octanol–water partition coefficient (Wildman–Crippen LogP) is 2.92. The van der Waals surface area contributed by atoms with E-state index in [1.54, 1.807) is 30.4 Å². The average Bonchev–Trinajstić information content (AvgIpc) is 2.18. The summed E-state index contributed by atoms with van der Waals surface area (Å²) in [6.45, 7) is 0.368. The number of rotatable bonds is 4. The summed E-state index contributed by atoms with van der Waals surface area (Å²) in [5, 5.41) is 9.57. The monoisotopic (exact) mass is 232 g/mol. The fraction of sp³-hybridized carbons (Fsp3) is 0.200. The molecule has 1 aromatic carbocycles. The van der Waals surface area contributed by atoms with Gasteiger partial charge in [-0.25, -0.2) is 0 Å². The van der Waals surface area contributed by atoms with Crippen LogP contribution in [-0.4, -0.2) is 18.3 Å². The molecule has 14 heavy (non-hydrogen) atoms. The lowest BCUT2D eigenvalue weighted by Gasteiger charge is -2.05. The summed E-state index contributed by atoms with van der Waals surface area (Å²) >= 11 is 11.6. The standard InChI is InChI=1S/C10H10Cl2O2/c11-8-3-4-9(12)10(7-8)14-6-2-1-5-13/h1-4,7,13H,5-6H2/b2-1+. The van der Waals surface area contributed by atoms with Crippen LogP contribution in [0.3, 0.4) is 0 Å². The highest BCUT2D eigenvalue weighted by Gasteiger charge is 2.00. The molecule has 0 aromatic heterocycles. The molecule has 0 aliphatic carbocycles. The number of ether oxygens (including phenoxy) is 1. The Morgan fingerprint density at radius 1 is 1.29 bits per heavy atom. The lowest BCUT2D eigenvalue weighted by atomic mass is 10.3. The minimum atomic E-state index is 0.00659. The van der Waals surface area contributed by atoms with Crippen molar-refractivity contribution >= 4 is 23.2 Å². The lowest BCUT2D eigenvalue weighted by molar-refractivity contribution is 0.336. The van der Waals surface area contributed by atoms with E-state index >= 15 is 0 Å². The van der Waals surface area contributed by atoms with Crippen LogP contribution >= 0.6 is 23.2 Å². The molecule has 1 N–H and O–H groups in total. The Balaban J connectivity index is 2.57. The molecule has 1 aromatic rings. The second-order valence-electron chi connectivity index (χ2n) is 2.54. The number of hydrogen-bond acceptors (Lipinski definition) is 2. The van der Waals surface area contributed by atoms with E-state index in [-0.39, 0.29) is 6.61 Å². The van der Waals surface area contributed by atoms with Crippen molar-refractivity contribution in [2.75, 3.05) is 13.2 Å². The maximum Gasteiger partial charge on any atom is 0.139 e. The Labute approximate surface area is 92.7 Å². The first-order chi connectivity index (χ1) is 6.74. The van der Waals surface area contributed by atoms with Gasteiger partial charge in [-0.05, 0) is 18.2 Å². The number of aliphatic hydroxyl groups is 1. The molecule has 0 amide bonds. The molecular weight excluding hydrogens is 223 g/mol. The van der Waals surface area contributed by atoms with Crippen LogP contribution in [0.25, 0.3) is 0 Å². The summed E-state index contributed by atoms with van der Waals surface area (Å²) in [7, 11) is 0. The maximum absolute atomic E-state index is 8.47. The third kappa shape index (κ3) is 3.58. The van der Waals surface area contributed by atoms with Crippen molar-refractivity contribution in [3.63, 3.8) is 0 Å². The van der Waals surface area contributed by atoms with Crippen LogP contribution in [0, 0.1) is 0 Å². The Kier molecular flexibility index (Phi) is 4.80. The number of hydrogen-bond donors (Lipinski definition) is 1. The van der Waals surface area contributed by atoms with Gasteiger partial charge in [-0.2, -0.15) is 0 Å². The van der Waals surface area contributed by atoms with E-state index in [0.717, 1.165) is 0 Å². The van der Waals surface area contributed by atoms with E-state index in [2.05, 4.69) is 0 Å². The summed E-state index contributed by atoms with van der Waals surface area (Å²) in [5.41, 5.74) is 0. The fourth-order valence-electron chi connectivity index (χ4n) is 0.868. The molecule has 4 heteroatoms. The Bertz CT molecular complexity index is 324. The zero-order valence-corrected chi connectivity index (χ0v) is 8.92. The predicted molar refractivity (Wildman–Crippen MR) is 58.2 cm³/mol. The molecule has 0 heterocycles. The van der Waals surface area contributed by atoms with Gasteiger partial charge in [0.2, 0.25) is 0 Å². The molecule has 0 saturated carbocycles. The summed E-state index contributed by atoms with van der Waals surface area (Å²) < 4.78 is 5.31. The molecule has 76 valence electrons. The van der Waals surface area contributed by atoms with Gasteiger partial charge in [0, 0.05) is 11.1 Å². The number of halogens is 2. The first-order valence-corrected chi connectivity index (χ1v) is 4.83. The van der Waals surface area contributed by atoms with E-state index < -0.39 is 0 Å². The molecule has 0 saturated heterocycles. The van der Waals surface area contributed by atoms with E-state index in [1.165, 1.54) is 0 Å². The van der Waals surface area contributed by atoms with Crippen molar-refractivity contribution in [1.82, 2.24) is 0 Å². The van der Waals surface area contributed by atoms with Crippen LogP contribution < -0.4 is 4.74 Å². The topological polar surface area (TPSA) is 29.5 Å². The van der Waals surface area contributed by atoms with Gasteiger partial charge in [0.05, 0.1) is 11.6 Å². The van der Waals surface area contributed by atoms with Crippen LogP contribution in [0.5, 0.6) is 5.75 Å². The Morgan fingerprint density at radius 2 is 2.07 bits per heavy atom. The normalized spacial score (nSPS) is 10.8. The third-order valence-electron chi connectivity index (χ3n) is 1.50. The Hall–Kier alpha value is -0.700. The summed E-state index contributed by atoms with van der Waals surface area (Å²) in [6, 6.07) is 5.02. The quantitative estimate of drug-likeness (QED) is 0.810. The van der Waals surface area contributed by atoms with Crippen molar-refractivity contribution in [3.05, 3.63) is 40.4 Å². The molecule has 0 unspecified atom stereocenters. The maximum atomic E-state index is 8.47. The van der Waals surface area contributed by atoms with Crippen LogP contribution in [0.4, 0.5) is 0 Å². The van der Waals surface area contributed by atoms with Gasteiger partial charge in [0.15, 0.2) is 0 Å². The van der Waals surface area contributed by atoms with E-state index in [4.69, 9.17) is 33.0 Å². The first-order valence-electron chi connectivity index (χ1n) is 4.07. The molecule has 0 atom stereocenters. The lowest BCUT2D eigenvalue weighted by Crippen LogP contribution is -1.94. The van der Waals surface area contributed by atoms with E-state index in [0.29, 0.717) is 22.4 Å². The van der Waals surface area contributed by atoms with Gasteiger partial charge in [-0.3, -0.25) is 0 Å². The van der Waals surface area contributed by atoms with E-state index in [9.17, 15) is 0 Å². The van der Waals surface area contributed by atoms with Gasteiger partial charge < -0.3 is 9.84 Å². The molecule has 1 rings (SSSR count). The molecule has 0 aliphatic rings. The van der Waals surface area contributed by atoms with Crippen molar-refractivity contribution < 1.29 is 9.84 Å². The van der Waals surface area contributed by atoms with Gasteiger partial charge in [-0.1, -0.05) is 29.3 Å². The van der Waals surface area contributed by atoms with Crippen LogP contribution in [0.15, 0.2) is 30.4 Å². The molecule has 0 bridgehead atoms. The van der Waals surface area contributed by atoms with Crippen molar-refractivity contribution in [3.8, 4) is 5.75 Å². The molecule has 2 nitrogen and oxygen atoms in total. The second kappa shape index (κ2) is 5.91. The van der Waals surface area contributed by atoms with Crippen LogP contribution in [-0.2, 0) is 0 Å². The number of aliphatic hydroxyl groups excluding tert-OH is 1. The molecule has 0 fully saturated rings. The Morgan fingerprint density at radius 3 is 2.79 bits per heavy atom. The highest BCUT2D eigenvalue weighted by Crippen LogP contribution is 2.27. The highest BCUT2D eigenvalue weighted by molar-refractivity contribution is 6.34. The minimum Gasteiger partial charge on any atom is -0.488 e. The summed E-state index contributed by atoms with van der Waals surface area (Å²) in [5.74, 6) is 0.543. The van der Waals surface area contributed by atoms with Crippen LogP contribution in [0.2, 0.25) is 10.0 Å². The fourth-order valence-corrected chi connectivity index (χ4v) is 1.20. The summed E-state index contributed by atoms with van der Waals surface area (Å²) in [6.07, 6.45) is 3.30. The second-order valence-corrected chi connectivity index (χ2v) is 3.38. The molecular formula is C10H10Cl2O2. The zero-order chi connectivity index (χ0) is 10.4. The van der Waals surface area contributed by atoms with E-state index in [1.807, 2.05) is 0 Å². The van der Waals surface area contributed by atoms with Gasteiger partial charge >= 0.3 is 0 Å². The smallest absolute Gasteiger partial charge is 0.139 e. The third-order valence-corrected chi connectivity index (χ3v) is 2.05. The minimum absolute atomic E-state index is 0.00659. The van der Waals surface area contributed by atoms with Crippen molar-refractivity contribution in [2.45, 2.75) is 0 Å². The number of benzene rings is 1. The van der Waals surface area contributed by atoms with Gasteiger partial charge in [0.1, 0.15) is 12.4 Å². The molecule has 0 spiro atoms. The van der Waals surface area contributed by atoms with Crippen molar-refractivity contribution in [2.24, 2.45) is 0 Å². The molecule has 0 aliphatic heterocycles. The first kappa shape index (κ1) is 11.4. The van der Waals surface area contributed by atoms with Crippen LogP contribution in [0.1, 0.15) is 0 Å². The molecule has 0 radical (unpaired) electrons. The van der Waals surface area contributed by atoms with Crippen molar-refractivity contribution in [1.29, 1.82) is 0 Å². The van der Waals surface area contributed by atoms with Gasteiger partial charge in [-0.15, -0.1) is 0 Å². The highest BCUT2D eigenvalue weighted by atomic mass is 35.5. The largest absolute Gasteiger partial charge is 0.488 e. The zero-order valence-electron chi connectivity index (χ0n) is 7.41. The van der Waals surface area contributed by atoms with Gasteiger partial charge in [0.25, 0.3) is 0 Å². The average molecular weight is 233 g/mol. The summed E-state index contributed by atoms with van der Waals surface area (Å²) in [4.78, 5) is 0. The SMILES string of the molecule is OC/C=C/COc1cc(Cl)ccc1Cl.